The average molecular weight is 312 g/mol. The van der Waals surface area contributed by atoms with E-state index in [4.69, 9.17) is 0 Å². The minimum atomic E-state index is -0.114. The number of rotatable bonds is 5. The molecule has 0 fully saturated rings. The summed E-state index contributed by atoms with van der Waals surface area (Å²) in [7, 11) is 0. The minimum Gasteiger partial charge on any atom is -0.352 e. The van der Waals surface area contributed by atoms with Gasteiger partial charge >= 0.3 is 0 Å². The van der Waals surface area contributed by atoms with Gasteiger partial charge in [-0.3, -0.25) is 4.79 Å². The number of halogens is 1. The van der Waals surface area contributed by atoms with E-state index in [2.05, 4.69) is 40.3 Å². The van der Waals surface area contributed by atoms with E-state index in [0.29, 0.717) is 5.92 Å². The van der Waals surface area contributed by atoms with Crippen molar-refractivity contribution in [3.63, 3.8) is 0 Å². The number of aryl methyl sites for hydroxylation is 1. The number of hydrogen-bond acceptors (Lipinski definition) is 1. The molecule has 0 radical (unpaired) electrons. The lowest BCUT2D eigenvalue weighted by Crippen LogP contribution is -2.40. The van der Waals surface area contributed by atoms with Crippen LogP contribution in [0.1, 0.15) is 31.9 Å². The van der Waals surface area contributed by atoms with Crippen LogP contribution >= 0.6 is 15.9 Å². The molecule has 18 heavy (non-hydrogen) atoms. The molecule has 0 saturated heterocycles. The summed E-state index contributed by atoms with van der Waals surface area (Å²) in [6.07, 6.45) is 0.871. The van der Waals surface area contributed by atoms with Gasteiger partial charge in [0.25, 0.3) is 0 Å². The number of nitrogens with one attached hydrogen (secondary N) is 1. The summed E-state index contributed by atoms with van der Waals surface area (Å²) in [5.41, 5.74) is 2.57. The molecular formula is C15H22BrNO. The molecule has 0 aliphatic heterocycles. The van der Waals surface area contributed by atoms with E-state index in [1.54, 1.807) is 0 Å². The van der Waals surface area contributed by atoms with Crippen molar-refractivity contribution in [2.45, 2.75) is 45.0 Å². The Bertz CT molecular complexity index is 403. The van der Waals surface area contributed by atoms with Crippen LogP contribution < -0.4 is 5.32 Å². The molecule has 0 spiro atoms. The maximum Gasteiger partial charge on any atom is 0.234 e. The Morgan fingerprint density at radius 2 is 1.89 bits per heavy atom. The molecular weight excluding hydrogens is 290 g/mol. The Labute approximate surface area is 118 Å². The molecule has 2 nitrogen and oxygen atoms in total. The zero-order valence-electron chi connectivity index (χ0n) is 11.5. The Kier molecular flexibility index (Phi) is 5.86. The van der Waals surface area contributed by atoms with Crippen molar-refractivity contribution in [2.75, 3.05) is 0 Å². The molecule has 1 rings (SSSR count). The van der Waals surface area contributed by atoms with Crippen molar-refractivity contribution in [2.24, 2.45) is 5.92 Å². The predicted molar refractivity (Wildman–Crippen MR) is 80.0 cm³/mol. The molecule has 100 valence electrons. The van der Waals surface area contributed by atoms with Crippen LogP contribution in [0.25, 0.3) is 0 Å². The number of hydrogen-bond donors (Lipinski definition) is 1. The molecule has 1 aromatic carbocycles. The first-order valence-electron chi connectivity index (χ1n) is 6.40. The molecule has 0 aliphatic carbocycles. The van der Waals surface area contributed by atoms with Crippen LogP contribution in [0, 0.1) is 12.8 Å². The summed E-state index contributed by atoms with van der Waals surface area (Å²) in [4.78, 5) is 11.8. The number of amides is 1. The lowest BCUT2D eigenvalue weighted by atomic mass is 10.0. The molecule has 3 heteroatoms. The number of carbonyl (C=O) groups excluding carboxylic acids is 1. The first kappa shape index (κ1) is 15.2. The number of benzene rings is 1. The van der Waals surface area contributed by atoms with E-state index in [-0.39, 0.29) is 16.8 Å². The SMILES string of the molecule is Cc1ccccc1CC(C)NC(=O)C(Br)C(C)C. The molecule has 2 unspecified atom stereocenters. The van der Waals surface area contributed by atoms with Gasteiger partial charge in [0.15, 0.2) is 0 Å². The van der Waals surface area contributed by atoms with Crippen LogP contribution in [-0.4, -0.2) is 16.8 Å². The number of alkyl halides is 1. The number of carbonyl (C=O) groups is 1. The molecule has 1 N–H and O–H groups in total. The average Bonchev–Trinajstić information content (AvgIpc) is 2.30. The monoisotopic (exact) mass is 311 g/mol. The summed E-state index contributed by atoms with van der Waals surface area (Å²) in [5.74, 6) is 0.377. The largest absolute Gasteiger partial charge is 0.352 e. The second-order valence-corrected chi connectivity index (χ2v) is 6.17. The molecule has 1 amide bonds. The van der Waals surface area contributed by atoms with Crippen molar-refractivity contribution < 1.29 is 4.79 Å². The maximum atomic E-state index is 11.9. The zero-order chi connectivity index (χ0) is 13.7. The van der Waals surface area contributed by atoms with E-state index in [1.165, 1.54) is 11.1 Å². The van der Waals surface area contributed by atoms with Gasteiger partial charge in [0.1, 0.15) is 0 Å². The van der Waals surface area contributed by atoms with Crippen molar-refractivity contribution >= 4 is 21.8 Å². The van der Waals surface area contributed by atoms with Gasteiger partial charge in [-0.25, -0.2) is 0 Å². The fourth-order valence-electron chi connectivity index (χ4n) is 1.85. The Morgan fingerprint density at radius 3 is 2.44 bits per heavy atom. The highest BCUT2D eigenvalue weighted by atomic mass is 79.9. The Hall–Kier alpha value is -0.830. The fourth-order valence-corrected chi connectivity index (χ4v) is 1.98. The molecule has 2 atom stereocenters. The molecule has 0 saturated carbocycles. The lowest BCUT2D eigenvalue weighted by Gasteiger charge is -2.19. The normalized spacial score (nSPS) is 14.3. The van der Waals surface area contributed by atoms with E-state index >= 15 is 0 Å². The molecule has 0 aromatic heterocycles. The molecule has 0 heterocycles. The molecule has 0 aliphatic rings. The topological polar surface area (TPSA) is 29.1 Å². The summed E-state index contributed by atoms with van der Waals surface area (Å²) in [6.45, 7) is 8.21. The fraction of sp³-hybridized carbons (Fsp3) is 0.533. The van der Waals surface area contributed by atoms with Gasteiger partial charge in [-0.05, 0) is 37.3 Å². The molecule has 1 aromatic rings. The van der Waals surface area contributed by atoms with Crippen LogP contribution in [0.5, 0.6) is 0 Å². The predicted octanol–water partition coefficient (Wildman–Crippen LogP) is 3.46. The second kappa shape index (κ2) is 6.93. The van der Waals surface area contributed by atoms with E-state index in [0.717, 1.165) is 6.42 Å². The summed E-state index contributed by atoms with van der Waals surface area (Å²) in [6, 6.07) is 8.45. The highest BCUT2D eigenvalue weighted by molar-refractivity contribution is 9.10. The van der Waals surface area contributed by atoms with Gasteiger partial charge in [0.2, 0.25) is 5.91 Å². The van der Waals surface area contributed by atoms with Crippen LogP contribution in [0.3, 0.4) is 0 Å². The van der Waals surface area contributed by atoms with Gasteiger partial charge in [-0.15, -0.1) is 0 Å². The van der Waals surface area contributed by atoms with Crippen molar-refractivity contribution in [1.82, 2.24) is 5.32 Å². The van der Waals surface area contributed by atoms with Gasteiger partial charge in [-0.2, -0.15) is 0 Å². The van der Waals surface area contributed by atoms with Crippen LogP contribution in [-0.2, 0) is 11.2 Å². The van der Waals surface area contributed by atoms with Gasteiger partial charge in [-0.1, -0.05) is 54.0 Å². The zero-order valence-corrected chi connectivity index (χ0v) is 13.1. The van der Waals surface area contributed by atoms with Crippen molar-refractivity contribution in [3.05, 3.63) is 35.4 Å². The highest BCUT2D eigenvalue weighted by Crippen LogP contribution is 2.13. The van der Waals surface area contributed by atoms with Crippen LogP contribution in [0.15, 0.2) is 24.3 Å². The van der Waals surface area contributed by atoms with Crippen LogP contribution in [0.2, 0.25) is 0 Å². The van der Waals surface area contributed by atoms with Gasteiger partial charge < -0.3 is 5.32 Å². The first-order valence-corrected chi connectivity index (χ1v) is 7.32. The third-order valence-corrected chi connectivity index (χ3v) is 4.48. The second-order valence-electron chi connectivity index (χ2n) is 5.19. The summed E-state index contributed by atoms with van der Waals surface area (Å²) in [5, 5.41) is 3.05. The van der Waals surface area contributed by atoms with Crippen molar-refractivity contribution in [3.8, 4) is 0 Å². The van der Waals surface area contributed by atoms with Crippen molar-refractivity contribution in [1.29, 1.82) is 0 Å². The van der Waals surface area contributed by atoms with Gasteiger partial charge in [0.05, 0.1) is 4.83 Å². The third-order valence-electron chi connectivity index (χ3n) is 3.01. The maximum absolute atomic E-state index is 11.9. The van der Waals surface area contributed by atoms with E-state index in [9.17, 15) is 4.79 Å². The standard InChI is InChI=1S/C15H22BrNO/c1-10(2)14(16)15(18)17-12(4)9-13-8-6-5-7-11(13)3/h5-8,10,12,14H,9H2,1-4H3,(H,17,18). The van der Waals surface area contributed by atoms with E-state index < -0.39 is 0 Å². The first-order chi connectivity index (χ1) is 8.41. The highest BCUT2D eigenvalue weighted by Gasteiger charge is 2.20. The Morgan fingerprint density at radius 1 is 1.28 bits per heavy atom. The quantitative estimate of drug-likeness (QED) is 0.829. The third kappa shape index (κ3) is 4.45. The van der Waals surface area contributed by atoms with Gasteiger partial charge in [0, 0.05) is 6.04 Å². The van der Waals surface area contributed by atoms with Crippen LogP contribution in [0.4, 0.5) is 0 Å². The minimum absolute atomic E-state index is 0.0751. The molecule has 0 bridgehead atoms. The summed E-state index contributed by atoms with van der Waals surface area (Å²) < 4.78 is 0. The van der Waals surface area contributed by atoms with E-state index in [1.807, 2.05) is 32.9 Å². The lowest BCUT2D eigenvalue weighted by molar-refractivity contribution is -0.121. The summed E-state index contributed by atoms with van der Waals surface area (Å²) >= 11 is 3.42. The smallest absolute Gasteiger partial charge is 0.234 e. The Balaban J connectivity index is 2.55.